The molecule has 0 aliphatic carbocycles. The summed E-state index contributed by atoms with van der Waals surface area (Å²) in [5.41, 5.74) is 6.53. The Labute approximate surface area is 296 Å². The summed E-state index contributed by atoms with van der Waals surface area (Å²) in [7, 11) is 0. The van der Waals surface area contributed by atoms with Gasteiger partial charge in [0.1, 0.15) is 35.7 Å². The number of aromatic hydroxyl groups is 2. The lowest BCUT2D eigenvalue weighted by Crippen LogP contribution is -2.59. The summed E-state index contributed by atoms with van der Waals surface area (Å²) in [6.07, 6.45) is -3.49. The first-order valence-corrected chi connectivity index (χ1v) is 15.9. The minimum Gasteiger partial charge on any atom is -0.508 e. The molecule has 282 valence electrons. The second-order valence-corrected chi connectivity index (χ2v) is 11.7. The normalized spacial score (nSPS) is 13.6. The lowest BCUT2D eigenvalue weighted by atomic mass is 10.0. The number of amides is 4. The Kier molecular flexibility index (Phi) is 16.5. The van der Waals surface area contributed by atoms with Gasteiger partial charge < -0.3 is 57.6 Å². The van der Waals surface area contributed by atoms with Crippen LogP contribution >= 0.6 is 0 Å². The Bertz CT molecular complexity index is 1600. The van der Waals surface area contributed by atoms with Crippen molar-refractivity contribution in [3.05, 3.63) is 59.7 Å². The van der Waals surface area contributed by atoms with E-state index in [9.17, 15) is 58.8 Å². The molecule has 0 aliphatic rings. The molecule has 0 spiro atoms. The molecule has 0 saturated heterocycles. The van der Waals surface area contributed by atoms with E-state index in [0.717, 1.165) is 0 Å². The molecule has 0 saturated carbocycles. The van der Waals surface area contributed by atoms with Gasteiger partial charge in [-0.1, -0.05) is 24.3 Å². The van der Waals surface area contributed by atoms with Crippen molar-refractivity contribution in [2.75, 3.05) is 0 Å². The summed E-state index contributed by atoms with van der Waals surface area (Å²) < 4.78 is 0. The van der Waals surface area contributed by atoms with Gasteiger partial charge in [0, 0.05) is 32.1 Å². The maximum atomic E-state index is 13.9. The molecule has 4 amide bonds. The van der Waals surface area contributed by atoms with Gasteiger partial charge in [0.2, 0.25) is 23.6 Å². The zero-order valence-electron chi connectivity index (χ0n) is 27.7. The van der Waals surface area contributed by atoms with Crippen molar-refractivity contribution in [1.29, 1.82) is 0 Å². The molecule has 0 radical (unpaired) electrons. The van der Waals surface area contributed by atoms with E-state index in [-0.39, 0.29) is 30.8 Å². The highest BCUT2D eigenvalue weighted by Gasteiger charge is 2.32. The van der Waals surface area contributed by atoms with Crippen molar-refractivity contribution in [2.45, 2.75) is 81.6 Å². The van der Waals surface area contributed by atoms with Gasteiger partial charge in [0.25, 0.3) is 0 Å². The molecular weight excluding hydrogens is 690 g/mol. The zero-order chi connectivity index (χ0) is 39.0. The van der Waals surface area contributed by atoms with E-state index in [0.29, 0.717) is 11.1 Å². The summed E-state index contributed by atoms with van der Waals surface area (Å²) in [6.45, 7) is 0. The molecule has 2 aromatic rings. The topological polar surface area (TPSA) is 332 Å². The number of carboxylic acid groups (broad SMARTS) is 4. The third-order valence-corrected chi connectivity index (χ3v) is 7.57. The number of phenolic OH excluding ortho intramolecular Hbond substituents is 2. The number of benzene rings is 2. The smallest absolute Gasteiger partial charge is 0.326 e. The minimum atomic E-state index is -1.66. The number of rotatable bonds is 22. The molecule has 19 heteroatoms. The van der Waals surface area contributed by atoms with Crippen LogP contribution in [-0.4, -0.2) is 108 Å². The molecule has 2 rings (SSSR count). The van der Waals surface area contributed by atoms with Gasteiger partial charge in [0.05, 0.1) is 6.04 Å². The van der Waals surface area contributed by atoms with E-state index >= 15 is 0 Å². The van der Waals surface area contributed by atoms with Crippen LogP contribution in [0.2, 0.25) is 0 Å². The van der Waals surface area contributed by atoms with Gasteiger partial charge in [-0.3, -0.25) is 33.6 Å². The molecule has 5 atom stereocenters. The van der Waals surface area contributed by atoms with Crippen LogP contribution in [0.15, 0.2) is 48.5 Å². The summed E-state index contributed by atoms with van der Waals surface area (Å²) in [5, 5.41) is 65.5. The van der Waals surface area contributed by atoms with Gasteiger partial charge in [-0.05, 0) is 54.7 Å². The molecule has 12 N–H and O–H groups in total. The largest absolute Gasteiger partial charge is 0.508 e. The Hall–Kier alpha value is -6.24. The van der Waals surface area contributed by atoms with E-state index in [2.05, 4.69) is 21.3 Å². The number of aliphatic carboxylic acids is 4. The molecule has 0 bridgehead atoms. The highest BCUT2D eigenvalue weighted by atomic mass is 16.4. The van der Waals surface area contributed by atoms with Gasteiger partial charge in [-0.2, -0.15) is 0 Å². The van der Waals surface area contributed by atoms with E-state index in [4.69, 9.17) is 15.9 Å². The number of phenols is 2. The Balaban J connectivity index is 2.43. The van der Waals surface area contributed by atoms with Gasteiger partial charge in [0.15, 0.2) is 0 Å². The van der Waals surface area contributed by atoms with Crippen LogP contribution in [0.3, 0.4) is 0 Å². The van der Waals surface area contributed by atoms with E-state index in [1.54, 1.807) is 0 Å². The van der Waals surface area contributed by atoms with Crippen LogP contribution in [-0.2, 0) is 51.2 Å². The molecule has 19 nitrogen and oxygen atoms in total. The maximum absolute atomic E-state index is 13.9. The van der Waals surface area contributed by atoms with Crippen molar-refractivity contribution < 1.29 is 69.0 Å². The van der Waals surface area contributed by atoms with E-state index in [1.165, 1.54) is 48.5 Å². The fourth-order valence-electron chi connectivity index (χ4n) is 4.72. The van der Waals surface area contributed by atoms with Crippen molar-refractivity contribution in [3.63, 3.8) is 0 Å². The number of carbonyl (C=O) groups is 8. The Morgan fingerprint density at radius 1 is 0.481 bits per heavy atom. The molecule has 0 fully saturated rings. The number of carboxylic acids is 4. The van der Waals surface area contributed by atoms with Crippen LogP contribution < -0.4 is 27.0 Å². The molecule has 0 aromatic heterocycles. The number of hydrogen-bond donors (Lipinski definition) is 11. The highest BCUT2D eigenvalue weighted by molar-refractivity contribution is 5.96. The molecule has 2 aromatic carbocycles. The monoisotopic (exact) mass is 731 g/mol. The van der Waals surface area contributed by atoms with Gasteiger partial charge in [-0.15, -0.1) is 0 Å². The third-order valence-electron chi connectivity index (χ3n) is 7.57. The first kappa shape index (κ1) is 41.9. The second kappa shape index (κ2) is 20.4. The fourth-order valence-corrected chi connectivity index (χ4v) is 4.72. The molecule has 0 aliphatic heterocycles. The molecular formula is C33H41N5O14. The first-order chi connectivity index (χ1) is 24.4. The highest BCUT2D eigenvalue weighted by Crippen LogP contribution is 2.15. The van der Waals surface area contributed by atoms with Crippen molar-refractivity contribution in [2.24, 2.45) is 5.73 Å². The summed E-state index contributed by atoms with van der Waals surface area (Å²) in [4.78, 5) is 98.6. The Morgan fingerprint density at radius 2 is 0.808 bits per heavy atom. The molecule has 0 heterocycles. The SMILES string of the molecule is N[C@@H](CCC(=O)O)C(=O)N[C@@H](CCC(=O)O)C(=O)N[C@@H](Cc1ccc(O)cc1)C(=O)N[C@@H](Cc1ccc(O)cc1)C(=O)N[C@@H](CCC(=O)O)C(=O)O. The number of hydrogen-bond acceptors (Lipinski definition) is 11. The summed E-state index contributed by atoms with van der Waals surface area (Å²) in [5.74, 6) is -9.69. The predicted octanol–water partition coefficient (Wildman–Crippen LogP) is -1.17. The maximum Gasteiger partial charge on any atom is 0.326 e. The third kappa shape index (κ3) is 15.1. The number of carbonyl (C=O) groups excluding carboxylic acids is 4. The average Bonchev–Trinajstić information content (AvgIpc) is 3.07. The van der Waals surface area contributed by atoms with E-state index in [1.807, 2.05) is 0 Å². The summed E-state index contributed by atoms with van der Waals surface area (Å²) in [6, 6.07) is 3.20. The standard InChI is InChI=1S/C33H41N5O14/c34-21(9-12-26(41)42)29(47)35-22(10-13-27(43)44)30(48)37-25(16-18-3-7-20(40)8-4-18)32(50)38-24(15-17-1-5-19(39)6-2-17)31(49)36-23(33(51)52)11-14-28(45)46/h1-8,21-25,39-40H,9-16,34H2,(H,35,47)(H,36,49)(H,37,48)(H,38,50)(H,41,42)(H,43,44)(H,45,46)(H,51,52)/t21-,22-,23-,24-,25-/m0/s1. The van der Waals surface area contributed by atoms with Crippen LogP contribution in [0.1, 0.15) is 49.7 Å². The quantitative estimate of drug-likeness (QED) is 0.0679. The lowest BCUT2D eigenvalue weighted by Gasteiger charge is -2.26. The fraction of sp³-hybridized carbons (Fsp3) is 0.394. The zero-order valence-corrected chi connectivity index (χ0v) is 27.7. The van der Waals surface area contributed by atoms with Gasteiger partial charge >= 0.3 is 23.9 Å². The van der Waals surface area contributed by atoms with Crippen LogP contribution in [0.4, 0.5) is 0 Å². The summed E-state index contributed by atoms with van der Waals surface area (Å²) >= 11 is 0. The average molecular weight is 732 g/mol. The number of nitrogens with one attached hydrogen (secondary N) is 4. The predicted molar refractivity (Wildman–Crippen MR) is 178 cm³/mol. The number of nitrogens with two attached hydrogens (primary N) is 1. The second-order valence-electron chi connectivity index (χ2n) is 11.7. The van der Waals surface area contributed by atoms with Crippen molar-refractivity contribution in [1.82, 2.24) is 21.3 Å². The van der Waals surface area contributed by atoms with Crippen molar-refractivity contribution >= 4 is 47.5 Å². The lowest BCUT2D eigenvalue weighted by molar-refractivity contribution is -0.143. The Morgan fingerprint density at radius 3 is 1.19 bits per heavy atom. The van der Waals surface area contributed by atoms with E-state index < -0.39 is 110 Å². The van der Waals surface area contributed by atoms with Crippen LogP contribution in [0.25, 0.3) is 0 Å². The van der Waals surface area contributed by atoms with Crippen molar-refractivity contribution in [3.8, 4) is 11.5 Å². The van der Waals surface area contributed by atoms with Crippen LogP contribution in [0.5, 0.6) is 11.5 Å². The van der Waals surface area contributed by atoms with Crippen LogP contribution in [0, 0.1) is 0 Å². The molecule has 0 unspecified atom stereocenters. The first-order valence-electron chi connectivity index (χ1n) is 15.9. The van der Waals surface area contributed by atoms with Gasteiger partial charge in [-0.25, -0.2) is 4.79 Å². The minimum absolute atomic E-state index is 0.113. The molecule has 52 heavy (non-hydrogen) atoms.